The number of hydrogen-bond donors (Lipinski definition) is 0. The summed E-state index contributed by atoms with van der Waals surface area (Å²) in [7, 11) is 0. The fourth-order valence-electron chi connectivity index (χ4n) is 3.19. The summed E-state index contributed by atoms with van der Waals surface area (Å²) in [4.78, 5) is 27.2. The molecule has 0 saturated carbocycles. The number of pyridine rings is 1. The van der Waals surface area contributed by atoms with Gasteiger partial charge in [0.25, 0.3) is 5.91 Å². The van der Waals surface area contributed by atoms with E-state index in [1.807, 2.05) is 12.1 Å². The van der Waals surface area contributed by atoms with Gasteiger partial charge >= 0.3 is 0 Å². The molecule has 1 fully saturated rings. The van der Waals surface area contributed by atoms with E-state index in [4.69, 9.17) is 4.74 Å². The number of amides is 1. The van der Waals surface area contributed by atoms with Crippen molar-refractivity contribution in [2.45, 2.75) is 18.9 Å². The number of carbonyl (C=O) groups is 1. The smallest absolute Gasteiger partial charge is 0.257 e. The molecule has 142 valence electrons. The normalized spacial score (nSPS) is 16.6. The molecule has 0 bridgehead atoms. The van der Waals surface area contributed by atoms with Crippen molar-refractivity contribution >= 4 is 5.91 Å². The van der Waals surface area contributed by atoms with Crippen LogP contribution in [0, 0.1) is 5.82 Å². The highest BCUT2D eigenvalue weighted by Gasteiger charge is 2.26. The van der Waals surface area contributed by atoms with Crippen molar-refractivity contribution < 1.29 is 13.9 Å². The number of aromatic nitrogens is 3. The molecule has 0 unspecified atom stereocenters. The summed E-state index contributed by atoms with van der Waals surface area (Å²) in [6, 6.07) is 9.60. The minimum absolute atomic E-state index is 0.120. The van der Waals surface area contributed by atoms with Crippen molar-refractivity contribution in [3.63, 3.8) is 0 Å². The van der Waals surface area contributed by atoms with Crippen LogP contribution in [0.3, 0.4) is 0 Å². The molecule has 1 amide bonds. The van der Waals surface area contributed by atoms with Crippen LogP contribution in [-0.4, -0.2) is 45.0 Å². The molecule has 1 aliphatic heterocycles. The maximum Gasteiger partial charge on any atom is 0.257 e. The fraction of sp³-hybridized carbons (Fsp3) is 0.238. The molecule has 3 aromatic rings. The number of benzene rings is 1. The lowest BCUT2D eigenvalue weighted by Crippen LogP contribution is -2.44. The number of rotatable bonds is 4. The van der Waals surface area contributed by atoms with Crippen molar-refractivity contribution in [3.8, 4) is 17.1 Å². The summed E-state index contributed by atoms with van der Waals surface area (Å²) in [6.07, 6.45) is 8.01. The molecule has 2 aromatic heterocycles. The summed E-state index contributed by atoms with van der Waals surface area (Å²) in [5.74, 6) is 0.707. The van der Waals surface area contributed by atoms with Gasteiger partial charge in [-0.3, -0.25) is 9.78 Å². The number of halogens is 1. The molecule has 0 radical (unpaired) electrons. The zero-order valence-electron chi connectivity index (χ0n) is 15.2. The van der Waals surface area contributed by atoms with E-state index in [-0.39, 0.29) is 17.8 Å². The van der Waals surface area contributed by atoms with Gasteiger partial charge in [0, 0.05) is 36.9 Å². The Balaban J connectivity index is 1.41. The maximum atomic E-state index is 13.0. The van der Waals surface area contributed by atoms with E-state index < -0.39 is 0 Å². The summed E-state index contributed by atoms with van der Waals surface area (Å²) in [6.45, 7) is 1.13. The monoisotopic (exact) mass is 378 g/mol. The summed E-state index contributed by atoms with van der Waals surface area (Å²) < 4.78 is 18.9. The van der Waals surface area contributed by atoms with Crippen molar-refractivity contribution in [3.05, 3.63) is 72.6 Å². The van der Waals surface area contributed by atoms with E-state index in [1.54, 1.807) is 41.8 Å². The van der Waals surface area contributed by atoms with Gasteiger partial charge in [-0.05, 0) is 49.2 Å². The van der Waals surface area contributed by atoms with Crippen molar-refractivity contribution in [1.29, 1.82) is 0 Å². The van der Waals surface area contributed by atoms with Crippen LogP contribution in [0.5, 0.6) is 5.75 Å². The van der Waals surface area contributed by atoms with Crippen molar-refractivity contribution in [2.24, 2.45) is 0 Å². The first kappa shape index (κ1) is 18.0. The molecular weight excluding hydrogens is 359 g/mol. The highest BCUT2D eigenvalue weighted by Crippen LogP contribution is 2.20. The van der Waals surface area contributed by atoms with Gasteiger partial charge in [0.1, 0.15) is 17.7 Å². The first-order chi connectivity index (χ1) is 13.7. The first-order valence-corrected chi connectivity index (χ1v) is 9.13. The number of ether oxygens (including phenoxy) is 1. The lowest BCUT2D eigenvalue weighted by molar-refractivity contribution is 0.0537. The van der Waals surface area contributed by atoms with Gasteiger partial charge < -0.3 is 9.64 Å². The Hall–Kier alpha value is -3.35. The quantitative estimate of drug-likeness (QED) is 0.696. The summed E-state index contributed by atoms with van der Waals surface area (Å²) in [5.41, 5.74) is 1.24. The lowest BCUT2D eigenvalue weighted by Gasteiger charge is -2.32. The molecule has 0 spiro atoms. The molecule has 0 N–H and O–H groups in total. The molecule has 4 rings (SSSR count). The Labute approximate surface area is 162 Å². The van der Waals surface area contributed by atoms with Crippen LogP contribution >= 0.6 is 0 Å². The highest BCUT2D eigenvalue weighted by molar-refractivity contribution is 5.93. The van der Waals surface area contributed by atoms with Gasteiger partial charge in [0.05, 0.1) is 12.1 Å². The molecule has 1 saturated heterocycles. The number of nitrogens with zero attached hydrogens (tertiary/aromatic N) is 4. The minimum atomic E-state index is -0.303. The SMILES string of the molecule is O=C(c1cnc(-c2cccnc2)nc1)N1CCC[C@@H](Oc2ccc(F)cc2)C1. The maximum absolute atomic E-state index is 13.0. The lowest BCUT2D eigenvalue weighted by atomic mass is 10.1. The van der Waals surface area contributed by atoms with E-state index in [0.29, 0.717) is 30.2 Å². The van der Waals surface area contributed by atoms with Crippen LogP contribution in [0.25, 0.3) is 11.4 Å². The molecule has 1 atom stereocenters. The minimum Gasteiger partial charge on any atom is -0.489 e. The van der Waals surface area contributed by atoms with Crippen LogP contribution in [0.1, 0.15) is 23.2 Å². The predicted molar refractivity (Wildman–Crippen MR) is 101 cm³/mol. The molecule has 0 aliphatic carbocycles. The molecule has 7 heteroatoms. The second kappa shape index (κ2) is 8.12. The van der Waals surface area contributed by atoms with Crippen molar-refractivity contribution in [1.82, 2.24) is 19.9 Å². The van der Waals surface area contributed by atoms with Gasteiger partial charge in [-0.25, -0.2) is 14.4 Å². The number of hydrogen-bond acceptors (Lipinski definition) is 5. The van der Waals surface area contributed by atoms with Crippen LogP contribution in [0.15, 0.2) is 61.2 Å². The van der Waals surface area contributed by atoms with Gasteiger partial charge in [-0.1, -0.05) is 0 Å². The van der Waals surface area contributed by atoms with Crippen LogP contribution < -0.4 is 4.74 Å². The molecule has 1 aliphatic rings. The predicted octanol–water partition coefficient (Wildman–Crippen LogP) is 3.36. The Kier molecular flexibility index (Phi) is 5.23. The number of likely N-dealkylation sites (tertiary alicyclic amines) is 1. The highest BCUT2D eigenvalue weighted by atomic mass is 19.1. The average molecular weight is 378 g/mol. The average Bonchev–Trinajstić information content (AvgIpc) is 2.76. The molecule has 3 heterocycles. The largest absolute Gasteiger partial charge is 0.489 e. The number of piperidine rings is 1. The second-order valence-corrected chi connectivity index (χ2v) is 6.62. The van der Waals surface area contributed by atoms with Gasteiger partial charge in [0.15, 0.2) is 5.82 Å². The van der Waals surface area contributed by atoms with Crippen LogP contribution in [0.2, 0.25) is 0 Å². The van der Waals surface area contributed by atoms with E-state index >= 15 is 0 Å². The van der Waals surface area contributed by atoms with Gasteiger partial charge in [-0.15, -0.1) is 0 Å². The zero-order chi connectivity index (χ0) is 19.3. The third-order valence-corrected chi connectivity index (χ3v) is 4.60. The first-order valence-electron chi connectivity index (χ1n) is 9.13. The standard InChI is InChI=1S/C21H19FN4O2/c22-17-5-7-18(8-6-17)28-19-4-2-10-26(14-19)21(27)16-12-24-20(25-13-16)15-3-1-9-23-11-15/h1,3,5-9,11-13,19H,2,4,10,14H2/t19-/m1/s1. The van der Waals surface area contributed by atoms with Crippen molar-refractivity contribution in [2.75, 3.05) is 13.1 Å². The summed E-state index contributed by atoms with van der Waals surface area (Å²) >= 11 is 0. The topological polar surface area (TPSA) is 68.2 Å². The van der Waals surface area contributed by atoms with E-state index in [1.165, 1.54) is 12.1 Å². The van der Waals surface area contributed by atoms with Gasteiger partial charge in [0.2, 0.25) is 0 Å². The molecule has 6 nitrogen and oxygen atoms in total. The Bertz CT molecular complexity index is 933. The third-order valence-electron chi connectivity index (χ3n) is 4.60. The Morgan fingerprint density at radius 3 is 2.61 bits per heavy atom. The van der Waals surface area contributed by atoms with Crippen LogP contribution in [-0.2, 0) is 0 Å². The Morgan fingerprint density at radius 2 is 1.89 bits per heavy atom. The van der Waals surface area contributed by atoms with Crippen LogP contribution in [0.4, 0.5) is 4.39 Å². The fourth-order valence-corrected chi connectivity index (χ4v) is 3.19. The molecule has 28 heavy (non-hydrogen) atoms. The number of carbonyl (C=O) groups excluding carboxylic acids is 1. The van der Waals surface area contributed by atoms with E-state index in [0.717, 1.165) is 18.4 Å². The Morgan fingerprint density at radius 1 is 1.11 bits per heavy atom. The molecular formula is C21H19FN4O2. The summed E-state index contributed by atoms with van der Waals surface area (Å²) in [5, 5.41) is 0. The van der Waals surface area contributed by atoms with E-state index in [9.17, 15) is 9.18 Å². The zero-order valence-corrected chi connectivity index (χ0v) is 15.2. The van der Waals surface area contributed by atoms with Gasteiger partial charge in [-0.2, -0.15) is 0 Å². The molecule has 1 aromatic carbocycles. The third kappa shape index (κ3) is 4.14. The second-order valence-electron chi connectivity index (χ2n) is 6.62. The van der Waals surface area contributed by atoms with E-state index in [2.05, 4.69) is 15.0 Å².